The van der Waals surface area contributed by atoms with Gasteiger partial charge in [0.2, 0.25) is 5.91 Å². The molecule has 1 spiro atoms. The highest BCUT2D eigenvalue weighted by molar-refractivity contribution is 6.04. The number of benzene rings is 2. The molecule has 2 aromatic carbocycles. The van der Waals surface area contributed by atoms with Crippen molar-refractivity contribution in [2.75, 3.05) is 51.3 Å². The number of para-hydroxylation sites is 1. The standard InChI is InChI=1S/C26H33N5O2/c32-24(10-12-30-14-16-33-17-15-30)31-13-11-26(20-31)25(27-18-21-6-2-1-3-7-21)29-23-9-5-4-8-22(23)19-28-26/h1-9,28H,10-20H2,(H,27,29). The topological polar surface area (TPSA) is 69.2 Å². The molecule has 2 fully saturated rings. The van der Waals surface area contributed by atoms with E-state index in [1.807, 2.05) is 23.1 Å². The minimum Gasteiger partial charge on any atom is -0.379 e. The van der Waals surface area contributed by atoms with Gasteiger partial charge in [-0.05, 0) is 23.6 Å². The summed E-state index contributed by atoms with van der Waals surface area (Å²) in [5.74, 6) is 1.16. The summed E-state index contributed by atoms with van der Waals surface area (Å²) in [5.41, 5.74) is 3.13. The number of aliphatic imine (C=N–C) groups is 1. The van der Waals surface area contributed by atoms with Crippen molar-refractivity contribution in [2.24, 2.45) is 4.99 Å². The zero-order chi connectivity index (χ0) is 22.5. The van der Waals surface area contributed by atoms with Gasteiger partial charge in [-0.3, -0.25) is 20.0 Å². The molecule has 0 radical (unpaired) electrons. The Morgan fingerprint density at radius 3 is 2.67 bits per heavy atom. The Morgan fingerprint density at radius 1 is 1.03 bits per heavy atom. The van der Waals surface area contributed by atoms with E-state index in [4.69, 9.17) is 9.73 Å². The van der Waals surface area contributed by atoms with Crippen LogP contribution >= 0.6 is 0 Å². The SMILES string of the molecule is O=C(CCN1CCOCC1)N1CCC2(C1)NCc1ccccc1NC2=NCc1ccccc1. The summed E-state index contributed by atoms with van der Waals surface area (Å²) < 4.78 is 5.42. The van der Waals surface area contributed by atoms with Crippen LogP contribution < -0.4 is 10.6 Å². The fourth-order valence-electron chi connectivity index (χ4n) is 4.93. The number of fused-ring (bicyclic) bond motifs is 1. The maximum Gasteiger partial charge on any atom is 0.223 e. The number of nitrogens with zero attached hydrogens (tertiary/aromatic N) is 3. The van der Waals surface area contributed by atoms with E-state index in [-0.39, 0.29) is 11.4 Å². The van der Waals surface area contributed by atoms with E-state index in [9.17, 15) is 4.79 Å². The number of anilines is 1. The predicted octanol–water partition coefficient (Wildman–Crippen LogP) is 2.49. The van der Waals surface area contributed by atoms with Crippen LogP contribution in [0.2, 0.25) is 0 Å². The number of carbonyl (C=O) groups excluding carboxylic acids is 1. The summed E-state index contributed by atoms with van der Waals surface area (Å²) in [6, 6.07) is 18.7. The van der Waals surface area contributed by atoms with Crippen LogP contribution in [-0.2, 0) is 22.6 Å². The number of amides is 1. The lowest BCUT2D eigenvalue weighted by Gasteiger charge is -2.31. The van der Waals surface area contributed by atoms with Gasteiger partial charge in [-0.1, -0.05) is 48.5 Å². The van der Waals surface area contributed by atoms with Crippen LogP contribution in [0.15, 0.2) is 59.6 Å². The minimum atomic E-state index is -0.359. The second kappa shape index (κ2) is 10.0. The molecule has 174 valence electrons. The van der Waals surface area contributed by atoms with Crippen molar-refractivity contribution in [3.63, 3.8) is 0 Å². The van der Waals surface area contributed by atoms with Crippen molar-refractivity contribution in [3.05, 3.63) is 65.7 Å². The van der Waals surface area contributed by atoms with Crippen LogP contribution in [0.1, 0.15) is 24.0 Å². The molecule has 2 aromatic rings. The van der Waals surface area contributed by atoms with E-state index >= 15 is 0 Å². The van der Waals surface area contributed by atoms with E-state index in [2.05, 4.69) is 51.9 Å². The maximum atomic E-state index is 13.1. The molecule has 3 aliphatic rings. The van der Waals surface area contributed by atoms with Crippen molar-refractivity contribution < 1.29 is 9.53 Å². The number of hydrogen-bond acceptors (Lipinski definition) is 5. The third kappa shape index (κ3) is 5.11. The summed E-state index contributed by atoms with van der Waals surface area (Å²) in [6.07, 6.45) is 1.41. The molecule has 1 amide bonds. The number of likely N-dealkylation sites (tertiary alicyclic amines) is 1. The molecule has 3 heterocycles. The van der Waals surface area contributed by atoms with Gasteiger partial charge in [-0.25, -0.2) is 0 Å². The smallest absolute Gasteiger partial charge is 0.223 e. The third-order valence-corrected chi connectivity index (χ3v) is 6.97. The molecule has 2 saturated heterocycles. The fraction of sp³-hybridized carbons (Fsp3) is 0.462. The van der Waals surface area contributed by atoms with Gasteiger partial charge >= 0.3 is 0 Å². The first kappa shape index (κ1) is 22.1. The molecule has 2 N–H and O–H groups in total. The van der Waals surface area contributed by atoms with Gasteiger partial charge < -0.3 is 15.0 Å². The molecular weight excluding hydrogens is 414 g/mol. The zero-order valence-electron chi connectivity index (χ0n) is 19.1. The Morgan fingerprint density at radius 2 is 1.82 bits per heavy atom. The monoisotopic (exact) mass is 447 g/mol. The number of morpholine rings is 1. The quantitative estimate of drug-likeness (QED) is 0.737. The van der Waals surface area contributed by atoms with Gasteiger partial charge in [0.15, 0.2) is 0 Å². The normalized spacial score (nSPS) is 24.5. The number of nitrogens with one attached hydrogen (secondary N) is 2. The molecular formula is C26H33N5O2. The van der Waals surface area contributed by atoms with Crippen LogP contribution in [0.5, 0.6) is 0 Å². The molecule has 0 aliphatic carbocycles. The zero-order valence-corrected chi connectivity index (χ0v) is 19.1. The lowest BCUT2D eigenvalue weighted by molar-refractivity contribution is -0.130. The highest BCUT2D eigenvalue weighted by atomic mass is 16.5. The number of hydrogen-bond donors (Lipinski definition) is 2. The highest BCUT2D eigenvalue weighted by Gasteiger charge is 2.45. The molecule has 7 heteroatoms. The average Bonchev–Trinajstić information content (AvgIpc) is 3.24. The van der Waals surface area contributed by atoms with Gasteiger partial charge in [-0.2, -0.15) is 0 Å². The van der Waals surface area contributed by atoms with E-state index in [0.29, 0.717) is 19.5 Å². The number of carbonyl (C=O) groups is 1. The maximum absolute atomic E-state index is 13.1. The van der Waals surface area contributed by atoms with Gasteiger partial charge in [-0.15, -0.1) is 0 Å². The molecule has 1 unspecified atom stereocenters. The summed E-state index contributed by atoms with van der Waals surface area (Å²) in [4.78, 5) is 22.5. The van der Waals surface area contributed by atoms with Crippen molar-refractivity contribution in [2.45, 2.75) is 31.5 Å². The predicted molar refractivity (Wildman–Crippen MR) is 130 cm³/mol. The van der Waals surface area contributed by atoms with Crippen LogP contribution in [0.25, 0.3) is 0 Å². The molecule has 0 saturated carbocycles. The molecule has 0 aromatic heterocycles. The largest absolute Gasteiger partial charge is 0.379 e. The first-order valence-corrected chi connectivity index (χ1v) is 12.0. The first-order valence-electron chi connectivity index (χ1n) is 12.0. The van der Waals surface area contributed by atoms with Crippen LogP contribution in [-0.4, -0.2) is 73.0 Å². The lowest BCUT2D eigenvalue weighted by atomic mass is 9.96. The summed E-state index contributed by atoms with van der Waals surface area (Å²) in [6.45, 7) is 6.91. The average molecular weight is 448 g/mol. The van der Waals surface area contributed by atoms with Crippen LogP contribution in [0.3, 0.4) is 0 Å². The Hall–Kier alpha value is -2.74. The molecule has 0 bridgehead atoms. The van der Waals surface area contributed by atoms with Gasteiger partial charge in [0, 0.05) is 51.4 Å². The molecule has 33 heavy (non-hydrogen) atoms. The van der Waals surface area contributed by atoms with E-state index in [1.165, 1.54) is 11.1 Å². The van der Waals surface area contributed by atoms with Crippen LogP contribution in [0.4, 0.5) is 5.69 Å². The van der Waals surface area contributed by atoms with Crippen molar-refractivity contribution in [3.8, 4) is 0 Å². The molecule has 1 atom stereocenters. The Balaban J connectivity index is 1.32. The van der Waals surface area contributed by atoms with E-state index in [0.717, 1.165) is 63.9 Å². The number of ether oxygens (including phenoxy) is 1. The number of rotatable bonds is 5. The lowest BCUT2D eigenvalue weighted by Crippen LogP contribution is -2.55. The Bertz CT molecular complexity index is 989. The van der Waals surface area contributed by atoms with Crippen molar-refractivity contribution in [1.82, 2.24) is 15.1 Å². The van der Waals surface area contributed by atoms with E-state index in [1.54, 1.807) is 0 Å². The van der Waals surface area contributed by atoms with Crippen molar-refractivity contribution >= 4 is 17.4 Å². The first-order chi connectivity index (χ1) is 16.2. The minimum absolute atomic E-state index is 0.226. The fourth-order valence-corrected chi connectivity index (χ4v) is 4.93. The highest BCUT2D eigenvalue weighted by Crippen LogP contribution is 2.30. The summed E-state index contributed by atoms with van der Waals surface area (Å²) in [7, 11) is 0. The second-order valence-electron chi connectivity index (χ2n) is 9.14. The Labute approximate surface area is 195 Å². The van der Waals surface area contributed by atoms with Gasteiger partial charge in [0.25, 0.3) is 0 Å². The van der Waals surface area contributed by atoms with Crippen LogP contribution in [0, 0.1) is 0 Å². The van der Waals surface area contributed by atoms with Gasteiger partial charge in [0.05, 0.1) is 25.3 Å². The Kier molecular flexibility index (Phi) is 6.71. The third-order valence-electron chi connectivity index (χ3n) is 6.97. The molecule has 5 rings (SSSR count). The molecule has 7 nitrogen and oxygen atoms in total. The van der Waals surface area contributed by atoms with Gasteiger partial charge in [0.1, 0.15) is 5.84 Å². The van der Waals surface area contributed by atoms with E-state index < -0.39 is 0 Å². The summed E-state index contributed by atoms with van der Waals surface area (Å²) in [5, 5.41) is 7.41. The summed E-state index contributed by atoms with van der Waals surface area (Å²) >= 11 is 0. The number of amidine groups is 1. The van der Waals surface area contributed by atoms with Crippen molar-refractivity contribution in [1.29, 1.82) is 0 Å². The second-order valence-corrected chi connectivity index (χ2v) is 9.14. The molecule has 3 aliphatic heterocycles.